The topological polar surface area (TPSA) is 137 Å². The second kappa shape index (κ2) is 10.8. The maximum atomic E-state index is 14.1. The standard InChI is InChI=1S/C33H37N5O4S/c1-32(2,34)30(40)36-28(20-22-21-35-26-14-8-6-12-24(22)26)29(39)38-18-16-33(17-19-38)25-13-7-9-15-27(25)37-31(33)43(41,42)23-10-4-3-5-11-23/h3-15,21,28,31,35,37H,16-20,34H2,1-2H3,(H,36,40)/t28-,31?/m1/s1. The third kappa shape index (κ3) is 5.19. The summed E-state index contributed by atoms with van der Waals surface area (Å²) in [5.41, 5.74) is 7.85. The average Bonchev–Trinajstić information content (AvgIpc) is 3.56. The number of hydrogen-bond donors (Lipinski definition) is 4. The van der Waals surface area contributed by atoms with Gasteiger partial charge >= 0.3 is 0 Å². The summed E-state index contributed by atoms with van der Waals surface area (Å²) in [7, 11) is -3.74. The van der Waals surface area contributed by atoms with Crippen LogP contribution in [0.4, 0.5) is 5.69 Å². The smallest absolute Gasteiger partial charge is 0.245 e. The zero-order valence-corrected chi connectivity index (χ0v) is 25.2. The molecule has 0 bridgehead atoms. The molecule has 1 fully saturated rings. The Morgan fingerprint density at radius 2 is 1.65 bits per heavy atom. The number of H-pyrrole nitrogens is 1. The van der Waals surface area contributed by atoms with Crippen LogP contribution >= 0.6 is 0 Å². The number of nitrogens with one attached hydrogen (secondary N) is 3. The summed E-state index contributed by atoms with van der Waals surface area (Å²) in [6.45, 7) is 3.92. The van der Waals surface area contributed by atoms with Crippen molar-refractivity contribution in [2.24, 2.45) is 5.73 Å². The number of benzene rings is 3. The molecule has 1 saturated heterocycles. The third-order valence-corrected chi connectivity index (χ3v) is 11.0. The van der Waals surface area contributed by atoms with Crippen LogP contribution in [-0.2, 0) is 31.3 Å². The van der Waals surface area contributed by atoms with Gasteiger partial charge < -0.3 is 26.3 Å². The Kier molecular flexibility index (Phi) is 7.30. The van der Waals surface area contributed by atoms with Crippen LogP contribution in [0.1, 0.15) is 37.8 Å². The van der Waals surface area contributed by atoms with Crippen molar-refractivity contribution in [1.82, 2.24) is 15.2 Å². The molecule has 1 aromatic heterocycles. The Hall–Kier alpha value is -4.15. The maximum absolute atomic E-state index is 14.1. The summed E-state index contributed by atoms with van der Waals surface area (Å²) in [6.07, 6.45) is 3.07. The number of anilines is 1. The van der Waals surface area contributed by atoms with E-state index in [-0.39, 0.29) is 10.8 Å². The highest BCUT2D eigenvalue weighted by molar-refractivity contribution is 7.92. The second-order valence-electron chi connectivity index (χ2n) is 12.2. The minimum absolute atomic E-state index is 0.209. The van der Waals surface area contributed by atoms with Crippen molar-refractivity contribution in [2.45, 2.75) is 60.4 Å². The van der Waals surface area contributed by atoms with Crippen molar-refractivity contribution < 1.29 is 18.0 Å². The molecule has 1 spiro atoms. The lowest BCUT2D eigenvalue weighted by atomic mass is 9.74. The molecular formula is C33H37N5O4S. The second-order valence-corrected chi connectivity index (χ2v) is 14.3. The van der Waals surface area contributed by atoms with E-state index in [9.17, 15) is 18.0 Å². The predicted octanol–water partition coefficient (Wildman–Crippen LogP) is 3.72. The van der Waals surface area contributed by atoms with E-state index in [1.54, 1.807) is 49.1 Å². The number of sulfone groups is 1. The monoisotopic (exact) mass is 599 g/mol. The zero-order valence-electron chi connectivity index (χ0n) is 24.3. The number of para-hydroxylation sites is 2. The van der Waals surface area contributed by atoms with E-state index >= 15 is 0 Å². The first-order chi connectivity index (χ1) is 20.5. The highest BCUT2D eigenvalue weighted by Gasteiger charge is 2.54. The third-order valence-electron chi connectivity index (χ3n) is 8.89. The average molecular weight is 600 g/mol. The minimum Gasteiger partial charge on any atom is -0.368 e. The molecule has 2 aliphatic rings. The number of nitrogens with zero attached hydrogens (tertiary/aromatic N) is 1. The fraction of sp³-hybridized carbons (Fsp3) is 0.333. The van der Waals surface area contributed by atoms with Crippen LogP contribution in [-0.4, -0.2) is 60.2 Å². The van der Waals surface area contributed by atoms with Crippen molar-refractivity contribution in [3.8, 4) is 0 Å². The van der Waals surface area contributed by atoms with Crippen LogP contribution in [0, 0.1) is 0 Å². The summed E-state index contributed by atoms with van der Waals surface area (Å²) in [6, 6.07) is 23.2. The van der Waals surface area contributed by atoms with Gasteiger partial charge in [-0.15, -0.1) is 0 Å². The van der Waals surface area contributed by atoms with E-state index in [1.807, 2.05) is 54.7 Å². The lowest BCUT2D eigenvalue weighted by molar-refractivity contribution is -0.138. The van der Waals surface area contributed by atoms with Gasteiger partial charge in [0, 0.05) is 47.7 Å². The summed E-state index contributed by atoms with van der Waals surface area (Å²) in [4.78, 5) is 32.4. The molecule has 4 aromatic rings. The lowest BCUT2D eigenvalue weighted by Crippen LogP contribution is -2.59. The largest absolute Gasteiger partial charge is 0.368 e. The number of amides is 2. The fourth-order valence-electron chi connectivity index (χ4n) is 6.53. The number of carbonyl (C=O) groups is 2. The van der Waals surface area contributed by atoms with Crippen LogP contribution in [0.2, 0.25) is 0 Å². The van der Waals surface area contributed by atoms with Crippen LogP contribution < -0.4 is 16.4 Å². The lowest BCUT2D eigenvalue weighted by Gasteiger charge is -2.43. The first-order valence-electron chi connectivity index (χ1n) is 14.6. The quantitative estimate of drug-likeness (QED) is 0.256. The van der Waals surface area contributed by atoms with Gasteiger partial charge in [0.1, 0.15) is 11.4 Å². The SMILES string of the molecule is CC(C)(N)C(=O)N[C@H](Cc1c[nH]c2ccccc12)C(=O)N1CCC2(CC1)c1ccccc1NC2S(=O)(=O)c1ccccc1. The number of rotatable bonds is 7. The molecule has 224 valence electrons. The molecule has 0 saturated carbocycles. The van der Waals surface area contributed by atoms with Crippen molar-refractivity contribution >= 4 is 38.2 Å². The summed E-state index contributed by atoms with van der Waals surface area (Å²) < 4.78 is 28.0. The highest BCUT2D eigenvalue weighted by atomic mass is 32.2. The van der Waals surface area contributed by atoms with Gasteiger partial charge in [0.25, 0.3) is 0 Å². The van der Waals surface area contributed by atoms with E-state index in [2.05, 4.69) is 15.6 Å². The van der Waals surface area contributed by atoms with Gasteiger partial charge in [-0.1, -0.05) is 54.6 Å². The van der Waals surface area contributed by atoms with Crippen LogP contribution in [0.25, 0.3) is 10.9 Å². The zero-order chi connectivity index (χ0) is 30.4. The molecule has 2 atom stereocenters. The Morgan fingerprint density at radius 3 is 2.37 bits per heavy atom. The molecule has 6 rings (SSSR count). The first kappa shape index (κ1) is 28.9. The first-order valence-corrected chi connectivity index (χ1v) is 16.1. The molecule has 5 N–H and O–H groups in total. The number of hydrogen-bond acceptors (Lipinski definition) is 6. The molecule has 43 heavy (non-hydrogen) atoms. The van der Waals surface area contributed by atoms with E-state index in [0.29, 0.717) is 32.4 Å². The van der Waals surface area contributed by atoms with Crippen LogP contribution in [0.5, 0.6) is 0 Å². The van der Waals surface area contributed by atoms with E-state index < -0.39 is 38.1 Å². The molecular weight excluding hydrogens is 562 g/mol. The molecule has 9 nitrogen and oxygen atoms in total. The Labute approximate surface area is 251 Å². The van der Waals surface area contributed by atoms with E-state index in [0.717, 1.165) is 27.7 Å². The van der Waals surface area contributed by atoms with Gasteiger partial charge in [-0.25, -0.2) is 8.42 Å². The normalized spacial score (nSPS) is 18.7. The molecule has 1 unspecified atom stereocenters. The van der Waals surface area contributed by atoms with Crippen molar-refractivity contribution in [3.63, 3.8) is 0 Å². The molecule has 3 aromatic carbocycles. The molecule has 3 heterocycles. The van der Waals surface area contributed by atoms with Crippen molar-refractivity contribution in [2.75, 3.05) is 18.4 Å². The van der Waals surface area contributed by atoms with E-state index in [1.165, 1.54) is 0 Å². The highest BCUT2D eigenvalue weighted by Crippen LogP contribution is 2.50. The number of piperidine rings is 1. The summed E-state index contributed by atoms with van der Waals surface area (Å²) in [5.74, 6) is -0.624. The van der Waals surface area contributed by atoms with Crippen molar-refractivity contribution in [3.05, 3.63) is 96.2 Å². The summed E-state index contributed by atoms with van der Waals surface area (Å²) >= 11 is 0. The minimum atomic E-state index is -3.74. The number of aromatic nitrogens is 1. The van der Waals surface area contributed by atoms with Crippen LogP contribution in [0.15, 0.2) is 90.0 Å². The van der Waals surface area contributed by atoms with Gasteiger partial charge in [-0.2, -0.15) is 0 Å². The molecule has 0 aliphatic carbocycles. The maximum Gasteiger partial charge on any atom is 0.245 e. The van der Waals surface area contributed by atoms with Gasteiger partial charge in [0.15, 0.2) is 9.84 Å². The molecule has 0 radical (unpaired) electrons. The van der Waals surface area contributed by atoms with Gasteiger partial charge in [0.2, 0.25) is 11.8 Å². The Balaban J connectivity index is 1.28. The number of nitrogens with two attached hydrogens (primary N) is 1. The fourth-order valence-corrected chi connectivity index (χ4v) is 8.57. The summed E-state index contributed by atoms with van der Waals surface area (Å²) in [5, 5.41) is 6.36. The van der Waals surface area contributed by atoms with Gasteiger partial charge in [-0.05, 0) is 62.1 Å². The number of likely N-dealkylation sites (tertiary alicyclic amines) is 1. The number of aromatic amines is 1. The number of fused-ring (bicyclic) bond motifs is 3. The molecule has 10 heteroatoms. The Morgan fingerprint density at radius 1 is 1.00 bits per heavy atom. The Bertz CT molecular complexity index is 1770. The van der Waals surface area contributed by atoms with E-state index in [4.69, 9.17) is 5.73 Å². The van der Waals surface area contributed by atoms with Gasteiger partial charge in [0.05, 0.1) is 10.4 Å². The number of carbonyl (C=O) groups excluding carboxylic acids is 2. The van der Waals surface area contributed by atoms with Gasteiger partial charge in [-0.3, -0.25) is 9.59 Å². The van der Waals surface area contributed by atoms with Crippen molar-refractivity contribution in [1.29, 1.82) is 0 Å². The molecule has 2 aliphatic heterocycles. The predicted molar refractivity (Wildman–Crippen MR) is 167 cm³/mol. The molecule has 2 amide bonds. The van der Waals surface area contributed by atoms with Crippen LogP contribution in [0.3, 0.4) is 0 Å².